The third-order valence-corrected chi connectivity index (χ3v) is 9.58. The highest BCUT2D eigenvalue weighted by atomic mass is 32.2. The molecule has 1 aromatic heterocycles. The van der Waals surface area contributed by atoms with Gasteiger partial charge >= 0.3 is 0 Å². The number of carbonyl (C=O) groups is 3. The van der Waals surface area contributed by atoms with E-state index in [9.17, 15) is 23.9 Å². The van der Waals surface area contributed by atoms with Crippen molar-refractivity contribution in [3.63, 3.8) is 0 Å². The number of carboxylic acids is 1. The molecule has 15 heteroatoms. The largest absolute Gasteiger partial charge is 0.543 e. The van der Waals surface area contributed by atoms with Crippen molar-refractivity contribution in [2.75, 3.05) is 44.5 Å². The number of thioether (sulfide) groups is 1. The quantitative estimate of drug-likeness (QED) is 0.186. The third-order valence-electron chi connectivity index (χ3n) is 7.70. The number of quaternary nitrogens is 1. The Hall–Kier alpha value is -2.78. The Balaban J connectivity index is 1.33. The first-order chi connectivity index (χ1) is 17.2. The fourth-order valence-electron chi connectivity index (χ4n) is 5.48. The van der Waals surface area contributed by atoms with E-state index in [1.165, 1.54) is 16.7 Å². The van der Waals surface area contributed by atoms with Crippen LogP contribution in [0.3, 0.4) is 0 Å². The molecule has 1 aromatic rings. The average molecular weight is 540 g/mol. The number of carboxylic acid groups (broad SMARTS) is 1. The molecular weight excluding hydrogens is 513 g/mol. The predicted molar refractivity (Wildman–Crippen MR) is 127 cm³/mol. The number of nitrogens with one attached hydrogen (secondary N) is 1. The Kier molecular flexibility index (Phi) is 6.41. The van der Waals surface area contributed by atoms with Crippen LogP contribution in [0, 0.1) is 5.41 Å². The van der Waals surface area contributed by atoms with E-state index in [0.29, 0.717) is 23.3 Å². The number of aliphatic carboxylic acids is 1. The summed E-state index contributed by atoms with van der Waals surface area (Å²) in [5.41, 5.74) is 6.10. The van der Waals surface area contributed by atoms with Crippen LogP contribution in [-0.2, 0) is 19.2 Å². The van der Waals surface area contributed by atoms with Gasteiger partial charge in [-0.1, -0.05) is 12.1 Å². The molecule has 0 spiro atoms. The number of amides is 2. The zero-order valence-corrected chi connectivity index (χ0v) is 21.2. The third kappa shape index (κ3) is 4.32. The summed E-state index contributed by atoms with van der Waals surface area (Å²) in [5.74, 6) is -2.59. The number of rotatable bonds is 8. The molecule has 0 unspecified atom stereocenters. The molecule has 2 amide bonds. The Bertz CT molecular complexity index is 1150. The molecule has 12 nitrogen and oxygen atoms in total. The van der Waals surface area contributed by atoms with Gasteiger partial charge in [0.25, 0.3) is 18.7 Å². The molecule has 0 aromatic carbocycles. The summed E-state index contributed by atoms with van der Waals surface area (Å²) in [6.07, 6.45) is 3.34. The van der Waals surface area contributed by atoms with Crippen LogP contribution in [0.25, 0.3) is 0 Å². The van der Waals surface area contributed by atoms with Gasteiger partial charge in [-0.15, -0.1) is 11.8 Å². The first kappa shape index (κ1) is 24.9. The number of nitrogens with zero attached hydrogens (tertiary/aromatic N) is 5. The lowest BCUT2D eigenvalue weighted by Crippen LogP contribution is -2.72. The van der Waals surface area contributed by atoms with Gasteiger partial charge in [0.05, 0.1) is 31.3 Å². The van der Waals surface area contributed by atoms with Gasteiger partial charge in [0, 0.05) is 42.1 Å². The number of halogens is 1. The molecule has 0 aliphatic carbocycles. The molecule has 194 valence electrons. The highest BCUT2D eigenvalue weighted by Crippen LogP contribution is 2.46. The Morgan fingerprint density at radius 3 is 2.64 bits per heavy atom. The normalized spacial score (nSPS) is 31.7. The van der Waals surface area contributed by atoms with Gasteiger partial charge < -0.3 is 30.3 Å². The van der Waals surface area contributed by atoms with Crippen LogP contribution < -0.4 is 16.2 Å². The van der Waals surface area contributed by atoms with E-state index in [-0.39, 0.29) is 16.7 Å². The lowest BCUT2D eigenvalue weighted by molar-refractivity contribution is -0.941. The van der Waals surface area contributed by atoms with E-state index in [2.05, 4.69) is 31.6 Å². The van der Waals surface area contributed by atoms with E-state index in [4.69, 9.17) is 5.73 Å². The highest BCUT2D eigenvalue weighted by Gasteiger charge is 2.54. The van der Waals surface area contributed by atoms with Crippen LogP contribution in [0.5, 0.6) is 0 Å². The summed E-state index contributed by atoms with van der Waals surface area (Å²) in [4.78, 5) is 47.5. The van der Waals surface area contributed by atoms with E-state index in [1.807, 2.05) is 0 Å². The molecule has 6 rings (SSSR count). The summed E-state index contributed by atoms with van der Waals surface area (Å²) in [6, 6.07) is -1.01. The summed E-state index contributed by atoms with van der Waals surface area (Å²) in [6.45, 7) is 4.61. The minimum atomic E-state index is -1.40. The van der Waals surface area contributed by atoms with Crippen molar-refractivity contribution in [2.24, 2.45) is 10.6 Å². The first-order valence-electron chi connectivity index (χ1n) is 11.5. The van der Waals surface area contributed by atoms with Gasteiger partial charge in [0.15, 0.2) is 5.13 Å². The second kappa shape index (κ2) is 9.27. The number of alkyl halides is 1. The van der Waals surface area contributed by atoms with Crippen molar-refractivity contribution in [3.8, 4) is 0 Å². The van der Waals surface area contributed by atoms with Crippen molar-refractivity contribution in [3.05, 3.63) is 17.1 Å². The van der Waals surface area contributed by atoms with Crippen LogP contribution in [0.4, 0.5) is 9.52 Å². The van der Waals surface area contributed by atoms with Gasteiger partial charge in [-0.05, 0) is 5.41 Å². The molecule has 2 bridgehead atoms. The number of fused-ring (bicyclic) bond motifs is 4. The number of nitrogens with two attached hydrogens (primary N) is 1. The molecule has 4 fully saturated rings. The fraction of sp³-hybridized carbons (Fsp3) is 0.619. The highest BCUT2D eigenvalue weighted by molar-refractivity contribution is 8.00. The van der Waals surface area contributed by atoms with Crippen molar-refractivity contribution in [1.29, 1.82) is 0 Å². The maximum atomic E-state index is 13.0. The number of oxime groups is 1. The maximum absolute atomic E-state index is 13.0. The van der Waals surface area contributed by atoms with E-state index >= 15 is 0 Å². The number of hydrogen-bond acceptors (Lipinski definition) is 11. The molecule has 6 heterocycles. The summed E-state index contributed by atoms with van der Waals surface area (Å²) in [7, 11) is 0. The molecule has 2 atom stereocenters. The second-order valence-electron chi connectivity index (χ2n) is 9.97. The monoisotopic (exact) mass is 539 g/mol. The zero-order chi connectivity index (χ0) is 25.7. The van der Waals surface area contributed by atoms with Crippen LogP contribution in [0.15, 0.2) is 16.4 Å². The molecule has 4 saturated heterocycles. The van der Waals surface area contributed by atoms with Crippen molar-refractivity contribution in [1.82, 2.24) is 19.6 Å². The zero-order valence-electron chi connectivity index (χ0n) is 19.6. The van der Waals surface area contributed by atoms with E-state index in [0.717, 1.165) is 54.9 Å². The van der Waals surface area contributed by atoms with Crippen LogP contribution in [0.1, 0.15) is 32.0 Å². The fourth-order valence-corrected chi connectivity index (χ4v) is 7.25. The first-order valence-corrected chi connectivity index (χ1v) is 13.4. The van der Waals surface area contributed by atoms with Crippen LogP contribution in [0.2, 0.25) is 0 Å². The van der Waals surface area contributed by atoms with Gasteiger partial charge in [-0.25, -0.2) is 4.39 Å². The minimum absolute atomic E-state index is 0.0641. The van der Waals surface area contributed by atoms with Crippen LogP contribution >= 0.6 is 23.3 Å². The summed E-state index contributed by atoms with van der Waals surface area (Å²) < 4.78 is 17.2. The van der Waals surface area contributed by atoms with Crippen molar-refractivity contribution in [2.45, 2.75) is 37.6 Å². The van der Waals surface area contributed by atoms with E-state index in [1.54, 1.807) is 0 Å². The van der Waals surface area contributed by atoms with E-state index < -0.39 is 41.8 Å². The maximum Gasteiger partial charge on any atom is 0.278 e. The molecule has 0 saturated carbocycles. The van der Waals surface area contributed by atoms with Gasteiger partial charge in [0.1, 0.15) is 18.0 Å². The molecule has 5 aliphatic rings. The average Bonchev–Trinajstić information content (AvgIpc) is 3.29. The lowest BCUT2D eigenvalue weighted by Gasteiger charge is -2.55. The standard InChI is InChI=1S/C21H26FN7O5S2/c1-21-2-5-29(6-3-21,7-4-21)8-11-9-35-18-13(17(31)28(18)14(11)19(32)33)24-16(30)12(26-34-10-22)15-25-20(23)36-27-15/h13,18H,2-10H2,1H3,(H3-,23,24,25,27,30,32,33)/b26-12-/t13-,18+,21?,29?/m1/s1. The number of carbonyl (C=O) groups excluding carboxylic acids is 3. The lowest BCUT2D eigenvalue weighted by atomic mass is 9.72. The van der Waals surface area contributed by atoms with Crippen molar-refractivity contribution < 1.29 is 33.2 Å². The van der Waals surface area contributed by atoms with Gasteiger partial charge in [-0.2, -0.15) is 9.36 Å². The summed E-state index contributed by atoms with van der Waals surface area (Å²) >= 11 is 2.20. The molecule has 36 heavy (non-hydrogen) atoms. The van der Waals surface area contributed by atoms with Crippen LogP contribution in [-0.4, -0.2) is 92.4 Å². The second-order valence-corrected chi connectivity index (χ2v) is 11.9. The number of hydrogen-bond donors (Lipinski definition) is 2. The molecule has 3 N–H and O–H groups in total. The smallest absolute Gasteiger partial charge is 0.278 e. The number of piperidine rings is 3. The molecular formula is C21H26FN7O5S2. The number of aromatic nitrogens is 2. The van der Waals surface area contributed by atoms with Gasteiger partial charge in [0.2, 0.25) is 11.5 Å². The summed E-state index contributed by atoms with van der Waals surface area (Å²) in [5, 5.41) is 17.6. The number of nitrogen functional groups attached to an aromatic ring is 1. The molecule has 0 radical (unpaired) electrons. The number of β-lactam (4-membered cyclic amide) rings is 1. The Morgan fingerprint density at radius 1 is 1.36 bits per heavy atom. The number of anilines is 1. The predicted octanol–water partition coefficient (Wildman–Crippen LogP) is -0.807. The Morgan fingerprint density at radius 2 is 2.06 bits per heavy atom. The Labute approximate surface area is 214 Å². The SMILES string of the molecule is CC12CC[N+](CC3=C(C(=O)[O-])N4C(=O)[C@@H](NC(=O)/C(=N\OCF)c5nsc(N)n5)[C@@H]4SC3)(CC1)CC2. The van der Waals surface area contributed by atoms with Gasteiger partial charge in [-0.3, -0.25) is 14.5 Å². The minimum Gasteiger partial charge on any atom is -0.543 e. The topological polar surface area (TPSA) is 163 Å². The molecule has 5 aliphatic heterocycles. The van der Waals surface area contributed by atoms with Crippen molar-refractivity contribution >= 4 is 51.9 Å².